The Kier molecular flexibility index (Phi) is 13.5. The van der Waals surface area contributed by atoms with Crippen molar-refractivity contribution in [3.05, 3.63) is 52.1 Å². The monoisotopic (exact) mass is 689 g/mol. The van der Waals surface area contributed by atoms with E-state index in [-0.39, 0.29) is 37.4 Å². The number of aliphatic hydroxyl groups excluding tert-OH is 1. The Balaban J connectivity index is 1.32. The number of rotatable bonds is 17. The van der Waals surface area contributed by atoms with Crippen molar-refractivity contribution in [2.45, 2.75) is 90.5 Å². The maximum atomic E-state index is 13.9. The van der Waals surface area contributed by atoms with Crippen LogP contribution in [0.25, 0.3) is 11.6 Å². The van der Waals surface area contributed by atoms with Gasteiger partial charge in [-0.1, -0.05) is 38.5 Å². The third-order valence-electron chi connectivity index (χ3n) is 9.30. The van der Waals surface area contributed by atoms with Crippen LogP contribution in [-0.2, 0) is 29.9 Å². The highest BCUT2D eigenvalue weighted by atomic mass is 31.2. The van der Waals surface area contributed by atoms with Gasteiger partial charge in [0, 0.05) is 48.1 Å². The van der Waals surface area contributed by atoms with Gasteiger partial charge in [0.1, 0.15) is 11.9 Å². The molecule has 12 nitrogen and oxygen atoms in total. The number of aromatic amines is 1. The normalized spacial score (nSPS) is 18.2. The van der Waals surface area contributed by atoms with Crippen molar-refractivity contribution < 1.29 is 42.8 Å². The Morgan fingerprint density at radius 3 is 2.67 bits per heavy atom. The Bertz CT molecular complexity index is 1530. The van der Waals surface area contributed by atoms with E-state index in [1.54, 1.807) is 6.08 Å². The van der Waals surface area contributed by atoms with Crippen LogP contribution in [0.2, 0.25) is 0 Å². The number of hydrogen-bond donors (Lipinski definition) is 6. The number of fused-ring (bicyclic) bond motifs is 1. The molecule has 0 bridgehead atoms. The summed E-state index contributed by atoms with van der Waals surface area (Å²) in [5.74, 6) is -1.35. The average molecular weight is 690 g/mol. The molecule has 1 aliphatic carbocycles. The summed E-state index contributed by atoms with van der Waals surface area (Å²) in [5, 5.41) is 18.1. The van der Waals surface area contributed by atoms with Gasteiger partial charge < -0.3 is 40.4 Å². The number of benzene rings is 1. The van der Waals surface area contributed by atoms with Gasteiger partial charge in [-0.05, 0) is 80.9 Å². The molecule has 1 aliphatic heterocycles. The van der Waals surface area contributed by atoms with Crippen LogP contribution in [0.3, 0.4) is 0 Å². The average Bonchev–Trinajstić information content (AvgIpc) is 3.49. The number of aromatic nitrogens is 1. The Hall–Kier alpha value is -3.35. The zero-order valence-electron chi connectivity index (χ0n) is 27.6. The number of H-pyrrole nitrogens is 1. The molecule has 264 valence electrons. The van der Waals surface area contributed by atoms with Gasteiger partial charge >= 0.3 is 0 Å². The Morgan fingerprint density at radius 1 is 1.21 bits per heavy atom. The zero-order chi connectivity index (χ0) is 34.8. The molecule has 1 aromatic carbocycles. The number of carbonyl (C=O) groups is 3. The third-order valence-corrected chi connectivity index (χ3v) is 9.78. The van der Waals surface area contributed by atoms with Crippen molar-refractivity contribution in [3.8, 4) is 0 Å². The molecule has 48 heavy (non-hydrogen) atoms. The van der Waals surface area contributed by atoms with Crippen LogP contribution in [0.4, 0.5) is 10.1 Å². The van der Waals surface area contributed by atoms with E-state index < -0.39 is 25.6 Å². The summed E-state index contributed by atoms with van der Waals surface area (Å²) in [6.45, 7) is 3.55. The molecule has 0 saturated heterocycles. The van der Waals surface area contributed by atoms with Crippen LogP contribution in [0.1, 0.15) is 92.3 Å². The molecule has 3 atom stereocenters. The van der Waals surface area contributed by atoms with Crippen molar-refractivity contribution in [2.75, 3.05) is 25.1 Å². The van der Waals surface area contributed by atoms with Crippen molar-refractivity contribution in [1.82, 2.24) is 15.6 Å². The number of aliphatic hydroxyl groups is 1. The fourth-order valence-corrected chi connectivity index (χ4v) is 6.99. The van der Waals surface area contributed by atoms with Gasteiger partial charge in [-0.25, -0.2) is 4.39 Å². The van der Waals surface area contributed by atoms with Gasteiger partial charge in [0.05, 0.1) is 12.2 Å². The van der Waals surface area contributed by atoms with Gasteiger partial charge in [-0.3, -0.25) is 18.9 Å². The Morgan fingerprint density at radius 2 is 1.96 bits per heavy atom. The first-order valence-electron chi connectivity index (χ1n) is 16.7. The van der Waals surface area contributed by atoms with Gasteiger partial charge in [0.15, 0.2) is 0 Å². The van der Waals surface area contributed by atoms with Crippen molar-refractivity contribution >= 4 is 42.9 Å². The number of unbranched alkanes of at least 4 members (excludes halogenated alkanes) is 1. The lowest BCUT2D eigenvalue weighted by Crippen LogP contribution is -2.48. The number of amides is 3. The minimum atomic E-state index is -4.86. The molecule has 3 amide bonds. The van der Waals surface area contributed by atoms with E-state index in [1.165, 1.54) is 24.6 Å². The summed E-state index contributed by atoms with van der Waals surface area (Å²) < 4.78 is 29.1. The molecule has 0 radical (unpaired) electrons. The predicted molar refractivity (Wildman–Crippen MR) is 178 cm³/mol. The van der Waals surface area contributed by atoms with E-state index in [0.717, 1.165) is 42.5 Å². The van der Waals surface area contributed by atoms with Crippen LogP contribution >= 0.6 is 7.82 Å². The lowest BCUT2D eigenvalue weighted by molar-refractivity contribution is -0.221. The molecule has 2 unspecified atom stereocenters. The third kappa shape index (κ3) is 10.8. The van der Waals surface area contributed by atoms with E-state index in [4.69, 9.17) is 4.89 Å². The summed E-state index contributed by atoms with van der Waals surface area (Å²) >= 11 is 0. The SMILES string of the molecule is Cc1[nH]c(/C=C2\C(=O)Nc3ccc(F)cc32)c(C)c1CCC(=O)N[C@@H](CC1CCCCC1)C(=O)NCCCCC(CO)COP(=O)([O-])O. The van der Waals surface area contributed by atoms with Gasteiger partial charge in [0.25, 0.3) is 13.7 Å². The largest absolute Gasteiger partial charge is 0.756 e. The summed E-state index contributed by atoms with van der Waals surface area (Å²) in [6.07, 6.45) is 9.87. The maximum Gasteiger partial charge on any atom is 0.265 e. The fourth-order valence-electron chi connectivity index (χ4n) is 6.59. The number of halogens is 1. The lowest BCUT2D eigenvalue weighted by atomic mass is 9.84. The molecular weight excluding hydrogens is 642 g/mol. The summed E-state index contributed by atoms with van der Waals surface area (Å²) in [5.41, 5.74) is 4.79. The van der Waals surface area contributed by atoms with Gasteiger partial charge in [-0.2, -0.15) is 0 Å². The number of nitrogens with one attached hydrogen (secondary N) is 4. The second kappa shape index (κ2) is 17.3. The molecule has 2 heterocycles. The van der Waals surface area contributed by atoms with Crippen molar-refractivity contribution in [3.63, 3.8) is 0 Å². The summed E-state index contributed by atoms with van der Waals surface area (Å²) in [4.78, 5) is 62.0. The number of carbonyl (C=O) groups excluding carboxylic acids is 3. The molecule has 1 aromatic heterocycles. The first-order chi connectivity index (χ1) is 22.8. The molecular formula is C34H47FN4O8P-. The molecule has 1 saturated carbocycles. The quantitative estimate of drug-likeness (QED) is 0.0815. The number of hydrogen-bond acceptors (Lipinski definition) is 7. The van der Waals surface area contributed by atoms with Crippen molar-refractivity contribution in [1.29, 1.82) is 0 Å². The van der Waals surface area contributed by atoms with Crippen LogP contribution in [0, 0.1) is 31.5 Å². The Labute approximate surface area is 280 Å². The first-order valence-corrected chi connectivity index (χ1v) is 18.2. The molecule has 14 heteroatoms. The predicted octanol–water partition coefficient (Wildman–Crippen LogP) is 4.02. The molecule has 1 fully saturated rings. The van der Waals surface area contributed by atoms with Crippen molar-refractivity contribution in [2.24, 2.45) is 11.8 Å². The summed E-state index contributed by atoms with van der Waals surface area (Å²) in [6, 6.07) is 3.48. The van der Waals surface area contributed by atoms with Gasteiger partial charge in [0.2, 0.25) is 11.8 Å². The van der Waals surface area contributed by atoms with E-state index in [1.807, 2.05) is 13.8 Å². The second-order valence-electron chi connectivity index (χ2n) is 12.9. The van der Waals surface area contributed by atoms with Crippen LogP contribution in [0.5, 0.6) is 0 Å². The molecule has 0 spiro atoms. The standard InChI is InChI=1S/C34H48FN4O8P/c1-21-26(22(2)37-30(21)18-28-27-17-25(35)11-13-29(27)39-33(28)42)12-14-32(41)38-31(16-23-8-4-3-5-9-23)34(43)36-15-7-6-10-24(19-40)20-47-48(44,45)46/h11,13,17-18,23-24,31,37,40H,3-10,12,14-16,19-20H2,1-2H3,(H,36,43)(H,38,41)(H,39,42)(H2,44,45,46)/p-1/b28-18-/t24?,31-/m0/s1. The molecule has 2 aliphatic rings. The van der Waals surface area contributed by atoms with E-state index >= 15 is 0 Å². The first kappa shape index (κ1) is 37.5. The zero-order valence-corrected chi connectivity index (χ0v) is 28.5. The van der Waals surface area contributed by atoms with Crippen LogP contribution < -0.4 is 20.8 Å². The van der Waals surface area contributed by atoms with Crippen LogP contribution in [0.15, 0.2) is 18.2 Å². The minimum absolute atomic E-state index is 0.160. The lowest BCUT2D eigenvalue weighted by Gasteiger charge is -2.26. The molecule has 4 rings (SSSR count). The van der Waals surface area contributed by atoms with E-state index in [0.29, 0.717) is 67.1 Å². The highest BCUT2D eigenvalue weighted by molar-refractivity contribution is 7.44. The maximum absolute atomic E-state index is 13.9. The number of anilines is 1. The smallest absolute Gasteiger partial charge is 0.265 e. The fraction of sp³-hybridized carbons (Fsp3) is 0.559. The second-order valence-corrected chi connectivity index (χ2v) is 14.1. The number of phosphoric acid groups is 1. The van der Waals surface area contributed by atoms with Gasteiger partial charge in [-0.15, -0.1) is 0 Å². The molecule has 6 N–H and O–H groups in total. The minimum Gasteiger partial charge on any atom is -0.756 e. The molecule has 2 aromatic rings. The van der Waals surface area contributed by atoms with E-state index in [9.17, 15) is 33.3 Å². The summed E-state index contributed by atoms with van der Waals surface area (Å²) in [7, 11) is -4.86. The van der Waals surface area contributed by atoms with Crippen LogP contribution in [-0.4, -0.2) is 58.5 Å². The highest BCUT2D eigenvalue weighted by Gasteiger charge is 2.27. The van der Waals surface area contributed by atoms with E-state index in [2.05, 4.69) is 25.5 Å². The number of phosphoric ester groups is 1. The topological polar surface area (TPSA) is 193 Å². The highest BCUT2D eigenvalue weighted by Crippen LogP contribution is 2.35. The number of aryl methyl sites for hydroxylation is 1.